The lowest BCUT2D eigenvalue weighted by molar-refractivity contribution is 0.104. The molecule has 0 heterocycles. The van der Waals surface area contributed by atoms with Crippen LogP contribution in [0, 0.1) is 0 Å². The number of benzene rings is 2. The molecule has 2 rings (SSSR count). The molecule has 1 N–H and O–H groups in total. The average molecular weight is 352 g/mol. The van der Waals surface area contributed by atoms with Gasteiger partial charge in [-0.3, -0.25) is 4.79 Å². The highest BCUT2D eigenvalue weighted by atomic mass is 16.5. The van der Waals surface area contributed by atoms with Crippen LogP contribution in [0.25, 0.3) is 5.76 Å². The maximum atomic E-state index is 12.7. The summed E-state index contributed by atoms with van der Waals surface area (Å²) in [7, 11) is 3.09. The predicted octanol–water partition coefficient (Wildman–Crippen LogP) is 4.99. The van der Waals surface area contributed by atoms with Gasteiger partial charge in [-0.25, -0.2) is 0 Å². The van der Waals surface area contributed by atoms with Crippen LogP contribution in [0.2, 0.25) is 0 Å². The van der Waals surface area contributed by atoms with E-state index in [-0.39, 0.29) is 11.5 Å². The molecule has 0 aliphatic carbocycles. The van der Waals surface area contributed by atoms with E-state index in [0.29, 0.717) is 29.0 Å². The number of carbonyl (C=O) groups excluding carboxylic acids is 1. The number of ketones is 1. The van der Waals surface area contributed by atoms with Gasteiger partial charge in [-0.15, -0.1) is 0 Å². The van der Waals surface area contributed by atoms with Crippen molar-refractivity contribution >= 4 is 11.5 Å². The number of carbonyl (C=O) groups is 1. The molecule has 0 unspecified atom stereocenters. The van der Waals surface area contributed by atoms with Crippen molar-refractivity contribution in [1.82, 2.24) is 0 Å². The first-order valence-corrected chi connectivity index (χ1v) is 8.35. The maximum Gasteiger partial charge on any atom is 0.193 e. The van der Waals surface area contributed by atoms with Crippen molar-refractivity contribution < 1.29 is 19.4 Å². The van der Waals surface area contributed by atoms with Gasteiger partial charge in [0.15, 0.2) is 5.78 Å². The fourth-order valence-corrected chi connectivity index (χ4v) is 2.53. The van der Waals surface area contributed by atoms with Gasteiger partial charge in [-0.2, -0.15) is 0 Å². The first kappa shape index (κ1) is 19.3. The van der Waals surface area contributed by atoms with Crippen molar-refractivity contribution in [2.75, 3.05) is 14.2 Å². The fourth-order valence-electron chi connectivity index (χ4n) is 2.53. The fraction of sp³-hybridized carbons (Fsp3) is 0.227. The molecule has 0 radical (unpaired) electrons. The monoisotopic (exact) mass is 352 g/mol. The van der Waals surface area contributed by atoms with Gasteiger partial charge in [0.05, 0.1) is 19.8 Å². The molecule has 0 aromatic heterocycles. The van der Waals surface area contributed by atoms with E-state index in [1.165, 1.54) is 18.8 Å². The van der Waals surface area contributed by atoms with Crippen LogP contribution in [0.15, 0.2) is 60.2 Å². The van der Waals surface area contributed by atoms with Crippen LogP contribution >= 0.6 is 0 Å². The van der Waals surface area contributed by atoms with Gasteiger partial charge in [-0.1, -0.05) is 42.0 Å². The minimum atomic E-state index is -0.329. The molecule has 0 fully saturated rings. The van der Waals surface area contributed by atoms with Crippen molar-refractivity contribution in [3.05, 3.63) is 76.9 Å². The number of aliphatic hydroxyl groups is 1. The zero-order valence-corrected chi connectivity index (χ0v) is 15.6. The van der Waals surface area contributed by atoms with Crippen LogP contribution in [-0.4, -0.2) is 25.1 Å². The quantitative estimate of drug-likeness (QED) is 0.330. The second kappa shape index (κ2) is 8.90. The molecule has 0 saturated carbocycles. The number of aliphatic hydroxyl groups excluding tert-OH is 1. The highest BCUT2D eigenvalue weighted by Gasteiger charge is 2.16. The van der Waals surface area contributed by atoms with E-state index < -0.39 is 0 Å². The third kappa shape index (κ3) is 4.76. The molecule has 0 spiro atoms. The molecule has 136 valence electrons. The van der Waals surface area contributed by atoms with Crippen LogP contribution in [0.1, 0.15) is 35.3 Å². The van der Waals surface area contributed by atoms with Gasteiger partial charge >= 0.3 is 0 Å². The van der Waals surface area contributed by atoms with Crippen molar-refractivity contribution in [3.8, 4) is 11.5 Å². The molecule has 4 nitrogen and oxygen atoms in total. The highest BCUT2D eigenvalue weighted by Crippen LogP contribution is 2.31. The predicted molar refractivity (Wildman–Crippen MR) is 104 cm³/mol. The maximum absolute atomic E-state index is 12.7. The molecule has 0 saturated heterocycles. The molecule has 2 aromatic carbocycles. The van der Waals surface area contributed by atoms with Crippen molar-refractivity contribution in [2.45, 2.75) is 20.3 Å². The highest BCUT2D eigenvalue weighted by molar-refractivity contribution is 6.09. The zero-order valence-electron chi connectivity index (χ0n) is 15.6. The van der Waals surface area contributed by atoms with E-state index >= 15 is 0 Å². The molecule has 0 aliphatic rings. The van der Waals surface area contributed by atoms with Gasteiger partial charge in [-0.05, 0) is 31.9 Å². The number of hydrogen-bond acceptors (Lipinski definition) is 4. The first-order chi connectivity index (χ1) is 12.5. The van der Waals surface area contributed by atoms with Crippen LogP contribution in [-0.2, 0) is 6.42 Å². The third-order valence-electron chi connectivity index (χ3n) is 3.94. The van der Waals surface area contributed by atoms with Gasteiger partial charge in [0, 0.05) is 17.7 Å². The average Bonchev–Trinajstić information content (AvgIpc) is 2.66. The smallest absolute Gasteiger partial charge is 0.193 e. The molecular formula is C22H24O4. The minimum absolute atomic E-state index is 0.0840. The Bertz CT molecular complexity index is 829. The number of ether oxygens (including phenoxy) is 2. The molecule has 0 bridgehead atoms. The van der Waals surface area contributed by atoms with E-state index in [1.54, 1.807) is 43.5 Å². The molecule has 2 aromatic rings. The van der Waals surface area contributed by atoms with E-state index in [2.05, 4.69) is 6.08 Å². The van der Waals surface area contributed by atoms with Gasteiger partial charge in [0.2, 0.25) is 0 Å². The Hall–Kier alpha value is -3.01. The minimum Gasteiger partial charge on any atom is -0.507 e. The van der Waals surface area contributed by atoms with E-state index in [4.69, 9.17) is 9.47 Å². The van der Waals surface area contributed by atoms with Crippen LogP contribution < -0.4 is 9.47 Å². The molecule has 0 aliphatic heterocycles. The van der Waals surface area contributed by atoms with Crippen LogP contribution in [0.4, 0.5) is 0 Å². The molecule has 4 heteroatoms. The molecule has 26 heavy (non-hydrogen) atoms. The van der Waals surface area contributed by atoms with Crippen molar-refractivity contribution in [2.24, 2.45) is 0 Å². The summed E-state index contributed by atoms with van der Waals surface area (Å²) < 4.78 is 10.8. The van der Waals surface area contributed by atoms with Gasteiger partial charge in [0.1, 0.15) is 17.3 Å². The van der Waals surface area contributed by atoms with E-state index in [0.717, 1.165) is 5.56 Å². The second-order valence-corrected chi connectivity index (χ2v) is 6.11. The Morgan fingerprint density at radius 2 is 1.69 bits per heavy atom. The Balaban J connectivity index is 2.44. The second-order valence-electron chi connectivity index (χ2n) is 6.11. The SMILES string of the molecule is COc1cc(OC)c(C(=O)C=C(O)c2ccccc2)cc1CC=C(C)C. The summed E-state index contributed by atoms with van der Waals surface area (Å²) in [6, 6.07) is 12.4. The third-order valence-corrected chi connectivity index (χ3v) is 3.94. The molecular weight excluding hydrogens is 328 g/mol. The molecule has 0 amide bonds. The molecule has 0 atom stereocenters. The number of rotatable bonds is 7. The van der Waals surface area contributed by atoms with Gasteiger partial charge < -0.3 is 14.6 Å². The lowest BCUT2D eigenvalue weighted by atomic mass is 10.0. The van der Waals surface area contributed by atoms with E-state index in [1.807, 2.05) is 19.9 Å². The summed E-state index contributed by atoms with van der Waals surface area (Å²) in [6.45, 7) is 4.03. The Kier molecular flexibility index (Phi) is 6.61. The zero-order chi connectivity index (χ0) is 19.1. The summed E-state index contributed by atoms with van der Waals surface area (Å²) in [6.07, 6.45) is 3.92. The Labute approximate surface area is 154 Å². The summed E-state index contributed by atoms with van der Waals surface area (Å²) >= 11 is 0. The van der Waals surface area contributed by atoms with Crippen molar-refractivity contribution in [3.63, 3.8) is 0 Å². The van der Waals surface area contributed by atoms with E-state index in [9.17, 15) is 9.90 Å². The lowest BCUT2D eigenvalue weighted by Crippen LogP contribution is -2.03. The van der Waals surface area contributed by atoms with Crippen molar-refractivity contribution in [1.29, 1.82) is 0 Å². The normalized spacial score (nSPS) is 11.0. The van der Waals surface area contributed by atoms with Crippen LogP contribution in [0.5, 0.6) is 11.5 Å². The topological polar surface area (TPSA) is 55.8 Å². The number of allylic oxidation sites excluding steroid dienone is 3. The summed E-state index contributed by atoms with van der Waals surface area (Å²) in [4.78, 5) is 12.7. The largest absolute Gasteiger partial charge is 0.507 e. The summed E-state index contributed by atoms with van der Waals surface area (Å²) in [5.74, 6) is 0.653. The Morgan fingerprint density at radius 1 is 1.04 bits per heavy atom. The standard InChI is InChI=1S/C22H24O4/c1-15(2)10-11-17-12-18(22(26-4)14-21(17)25-3)20(24)13-19(23)16-8-6-5-7-9-16/h5-10,12-14,23H,11H2,1-4H3. The summed E-state index contributed by atoms with van der Waals surface area (Å²) in [5.41, 5.74) is 3.02. The number of methoxy groups -OCH3 is 2. The first-order valence-electron chi connectivity index (χ1n) is 8.35. The Morgan fingerprint density at radius 3 is 2.27 bits per heavy atom. The van der Waals surface area contributed by atoms with Gasteiger partial charge in [0.25, 0.3) is 0 Å². The van der Waals surface area contributed by atoms with Crippen LogP contribution in [0.3, 0.4) is 0 Å². The lowest BCUT2D eigenvalue weighted by Gasteiger charge is -2.13. The number of hydrogen-bond donors (Lipinski definition) is 1. The summed E-state index contributed by atoms with van der Waals surface area (Å²) in [5, 5.41) is 10.2.